The van der Waals surface area contributed by atoms with E-state index in [1.807, 2.05) is 30.3 Å². The molecule has 2 aromatic rings. The van der Waals surface area contributed by atoms with Gasteiger partial charge in [-0.1, -0.05) is 30.3 Å². The van der Waals surface area contributed by atoms with Crippen LogP contribution >= 0.6 is 0 Å². The largest absolute Gasteiger partial charge is 0.422 e. The Kier molecular flexibility index (Phi) is 2.95. The molecule has 2 rings (SSSR count). The van der Waals surface area contributed by atoms with Crippen molar-refractivity contribution >= 4 is 0 Å². The van der Waals surface area contributed by atoms with Gasteiger partial charge >= 0.3 is 11.4 Å². The molecular weight excluding hydrogens is 218 g/mol. The summed E-state index contributed by atoms with van der Waals surface area (Å²) in [6.07, 6.45) is 0. The van der Waals surface area contributed by atoms with Gasteiger partial charge in [-0.3, -0.25) is 4.57 Å². The lowest BCUT2D eigenvalue weighted by Gasteiger charge is -2.09. The summed E-state index contributed by atoms with van der Waals surface area (Å²) in [7, 11) is 0. The van der Waals surface area contributed by atoms with Crippen molar-refractivity contribution in [2.75, 3.05) is 0 Å². The molecule has 0 unspecified atom stereocenters. The molecule has 0 N–H and O–H groups in total. The highest BCUT2D eigenvalue weighted by Crippen LogP contribution is 2.04. The standard InChI is InChI=1S/C13H13NO3/c1-9-10(2)14(13(16)17-12(9)15)8-11-6-4-3-5-7-11/h3-7H,8H2,1-2H3. The number of nitrogens with zero attached hydrogens (tertiary/aromatic N) is 1. The predicted molar refractivity (Wildman–Crippen MR) is 64.3 cm³/mol. The van der Waals surface area contributed by atoms with Gasteiger partial charge < -0.3 is 4.42 Å². The molecule has 1 heterocycles. The highest BCUT2D eigenvalue weighted by atomic mass is 16.4. The molecule has 0 saturated heterocycles. The Hall–Kier alpha value is -2.10. The van der Waals surface area contributed by atoms with Crippen molar-refractivity contribution in [1.82, 2.24) is 4.57 Å². The van der Waals surface area contributed by atoms with Gasteiger partial charge in [-0.05, 0) is 19.4 Å². The van der Waals surface area contributed by atoms with Crippen LogP contribution in [0.5, 0.6) is 0 Å². The third-order valence-electron chi connectivity index (χ3n) is 2.84. The Bertz CT molecular complexity index is 638. The second-order valence-corrected chi connectivity index (χ2v) is 3.94. The van der Waals surface area contributed by atoms with Gasteiger partial charge in [0.15, 0.2) is 0 Å². The van der Waals surface area contributed by atoms with Crippen LogP contribution in [0.25, 0.3) is 0 Å². The molecule has 0 spiro atoms. The molecule has 0 aliphatic carbocycles. The molecule has 1 aromatic carbocycles. The van der Waals surface area contributed by atoms with Crippen LogP contribution in [0, 0.1) is 13.8 Å². The van der Waals surface area contributed by atoms with Crippen molar-refractivity contribution < 1.29 is 4.42 Å². The van der Waals surface area contributed by atoms with Gasteiger partial charge in [-0.15, -0.1) is 0 Å². The minimum atomic E-state index is -0.609. The lowest BCUT2D eigenvalue weighted by Crippen LogP contribution is -2.28. The third kappa shape index (κ3) is 2.20. The summed E-state index contributed by atoms with van der Waals surface area (Å²) in [5.74, 6) is -0.609. The second-order valence-electron chi connectivity index (χ2n) is 3.94. The van der Waals surface area contributed by atoms with Gasteiger partial charge in [-0.25, -0.2) is 9.59 Å². The van der Waals surface area contributed by atoms with E-state index in [9.17, 15) is 9.59 Å². The zero-order valence-electron chi connectivity index (χ0n) is 9.77. The number of hydrogen-bond acceptors (Lipinski definition) is 3. The average molecular weight is 231 g/mol. The number of aromatic nitrogens is 1. The van der Waals surface area contributed by atoms with E-state index < -0.39 is 11.4 Å². The molecule has 0 atom stereocenters. The third-order valence-corrected chi connectivity index (χ3v) is 2.84. The second kappa shape index (κ2) is 4.41. The van der Waals surface area contributed by atoms with Crippen LogP contribution in [0.3, 0.4) is 0 Å². The first-order valence-corrected chi connectivity index (χ1v) is 5.34. The summed E-state index contributed by atoms with van der Waals surface area (Å²) < 4.78 is 6.11. The van der Waals surface area contributed by atoms with E-state index in [4.69, 9.17) is 0 Å². The van der Waals surface area contributed by atoms with Crippen molar-refractivity contribution in [2.24, 2.45) is 0 Å². The van der Waals surface area contributed by atoms with E-state index in [0.717, 1.165) is 5.56 Å². The van der Waals surface area contributed by atoms with Gasteiger partial charge in [0, 0.05) is 5.69 Å². The van der Waals surface area contributed by atoms with E-state index in [1.54, 1.807) is 13.8 Å². The lowest BCUT2D eigenvalue weighted by molar-refractivity contribution is 0.399. The Morgan fingerprint density at radius 1 is 1.12 bits per heavy atom. The fraction of sp³-hybridized carbons (Fsp3) is 0.231. The molecule has 88 valence electrons. The average Bonchev–Trinajstić information content (AvgIpc) is 2.33. The molecule has 4 nitrogen and oxygen atoms in total. The summed E-state index contributed by atoms with van der Waals surface area (Å²) in [5.41, 5.74) is 1.55. The highest BCUT2D eigenvalue weighted by Gasteiger charge is 2.09. The summed E-state index contributed by atoms with van der Waals surface area (Å²) in [6, 6.07) is 9.57. The zero-order chi connectivity index (χ0) is 12.4. The summed E-state index contributed by atoms with van der Waals surface area (Å²) >= 11 is 0. The van der Waals surface area contributed by atoms with Crippen molar-refractivity contribution in [3.8, 4) is 0 Å². The SMILES string of the molecule is Cc1c(C)n(Cc2ccccc2)c(=O)oc1=O. The molecule has 0 bridgehead atoms. The monoisotopic (exact) mass is 231 g/mol. The zero-order valence-corrected chi connectivity index (χ0v) is 9.77. The summed E-state index contributed by atoms with van der Waals surface area (Å²) in [5, 5.41) is 0. The van der Waals surface area contributed by atoms with Crippen LogP contribution in [0.1, 0.15) is 16.8 Å². The number of rotatable bonds is 2. The number of hydrogen-bond donors (Lipinski definition) is 0. The van der Waals surface area contributed by atoms with Gasteiger partial charge in [0.25, 0.3) is 0 Å². The normalized spacial score (nSPS) is 10.5. The van der Waals surface area contributed by atoms with Crippen molar-refractivity contribution in [3.63, 3.8) is 0 Å². The van der Waals surface area contributed by atoms with Gasteiger partial charge in [-0.2, -0.15) is 0 Å². The smallest absolute Gasteiger partial charge is 0.372 e. The Morgan fingerprint density at radius 3 is 2.41 bits per heavy atom. The van der Waals surface area contributed by atoms with Crippen molar-refractivity contribution in [2.45, 2.75) is 20.4 Å². The molecular formula is C13H13NO3. The molecule has 0 aliphatic heterocycles. The van der Waals surface area contributed by atoms with Crippen LogP contribution < -0.4 is 11.4 Å². The first kappa shape index (κ1) is 11.4. The molecule has 4 heteroatoms. The van der Waals surface area contributed by atoms with E-state index in [-0.39, 0.29) is 0 Å². The molecule has 0 aliphatic rings. The first-order chi connectivity index (χ1) is 8.09. The quantitative estimate of drug-likeness (QED) is 0.786. The maximum absolute atomic E-state index is 11.6. The van der Waals surface area contributed by atoms with E-state index in [2.05, 4.69) is 4.42 Å². The maximum atomic E-state index is 11.6. The maximum Gasteiger partial charge on any atom is 0.422 e. The van der Waals surface area contributed by atoms with E-state index in [0.29, 0.717) is 17.8 Å². The van der Waals surface area contributed by atoms with Crippen LogP contribution in [-0.4, -0.2) is 4.57 Å². The predicted octanol–water partition coefficient (Wildman–Crippen LogP) is 1.47. The minimum Gasteiger partial charge on any atom is -0.372 e. The fourth-order valence-electron chi connectivity index (χ4n) is 1.65. The molecule has 0 amide bonds. The Morgan fingerprint density at radius 2 is 1.76 bits per heavy atom. The molecule has 0 saturated carbocycles. The van der Waals surface area contributed by atoms with Crippen LogP contribution in [0.2, 0.25) is 0 Å². The topological polar surface area (TPSA) is 52.2 Å². The van der Waals surface area contributed by atoms with Gasteiger partial charge in [0.05, 0.1) is 12.1 Å². The van der Waals surface area contributed by atoms with E-state index >= 15 is 0 Å². The fourth-order valence-corrected chi connectivity index (χ4v) is 1.65. The summed E-state index contributed by atoms with van der Waals surface area (Å²) in [6.45, 7) is 3.81. The minimum absolute atomic E-state index is 0.413. The Balaban J connectivity index is 2.51. The summed E-state index contributed by atoms with van der Waals surface area (Å²) in [4.78, 5) is 22.9. The van der Waals surface area contributed by atoms with Gasteiger partial charge in [0.2, 0.25) is 0 Å². The lowest BCUT2D eigenvalue weighted by atomic mass is 10.2. The number of benzene rings is 1. The van der Waals surface area contributed by atoms with Crippen molar-refractivity contribution in [3.05, 3.63) is 68.1 Å². The van der Waals surface area contributed by atoms with Crippen LogP contribution in [0.4, 0.5) is 0 Å². The molecule has 0 radical (unpaired) electrons. The van der Waals surface area contributed by atoms with Crippen molar-refractivity contribution in [1.29, 1.82) is 0 Å². The molecule has 17 heavy (non-hydrogen) atoms. The van der Waals surface area contributed by atoms with Gasteiger partial charge in [0.1, 0.15) is 0 Å². The van der Waals surface area contributed by atoms with Crippen LogP contribution in [0.15, 0.2) is 44.3 Å². The van der Waals surface area contributed by atoms with Crippen LogP contribution in [-0.2, 0) is 6.54 Å². The Labute approximate surface area is 98.1 Å². The first-order valence-electron chi connectivity index (χ1n) is 5.34. The highest BCUT2D eigenvalue weighted by molar-refractivity contribution is 5.18. The molecule has 0 fully saturated rings. The van der Waals surface area contributed by atoms with E-state index in [1.165, 1.54) is 4.57 Å². The molecule has 1 aromatic heterocycles.